The Hall–Kier alpha value is -0.930. The minimum absolute atomic E-state index is 0.849. The van der Waals surface area contributed by atoms with Gasteiger partial charge in [0, 0.05) is 20.8 Å². The lowest BCUT2D eigenvalue weighted by Crippen LogP contribution is -1.92. The molecule has 0 fully saturated rings. The monoisotopic (exact) mass is 321 g/mol. The first-order valence-electron chi connectivity index (χ1n) is 5.80. The average Bonchev–Trinajstić information content (AvgIpc) is 2.32. The lowest BCUT2D eigenvalue weighted by atomic mass is 10.2. The van der Waals surface area contributed by atoms with Gasteiger partial charge in [-0.1, -0.05) is 39.7 Å². The van der Waals surface area contributed by atoms with Gasteiger partial charge in [0.15, 0.2) is 0 Å². The van der Waals surface area contributed by atoms with Gasteiger partial charge in [-0.15, -0.1) is 11.8 Å². The van der Waals surface area contributed by atoms with Gasteiger partial charge in [0.2, 0.25) is 0 Å². The standard InChI is InChI=1S/C15H16BrNS/c1-10-3-4-11(2)15(7-10)18-9-12-5-6-13(16)8-14(12)17/h3-8H,9,17H2,1-2H3. The Morgan fingerprint density at radius 3 is 2.61 bits per heavy atom. The van der Waals surface area contributed by atoms with Crippen LogP contribution in [0.2, 0.25) is 0 Å². The maximum absolute atomic E-state index is 6.01. The molecule has 0 aliphatic heterocycles. The zero-order valence-electron chi connectivity index (χ0n) is 10.5. The molecule has 2 rings (SSSR count). The van der Waals surface area contributed by atoms with Crippen LogP contribution in [0.25, 0.3) is 0 Å². The predicted molar refractivity (Wildman–Crippen MR) is 84.0 cm³/mol. The highest BCUT2D eigenvalue weighted by Crippen LogP contribution is 2.29. The van der Waals surface area contributed by atoms with Crippen LogP contribution in [0, 0.1) is 13.8 Å². The summed E-state index contributed by atoms with van der Waals surface area (Å²) in [5.74, 6) is 0.906. The third kappa shape index (κ3) is 3.30. The number of aryl methyl sites for hydroxylation is 2. The van der Waals surface area contributed by atoms with E-state index in [0.717, 1.165) is 15.9 Å². The first kappa shape index (κ1) is 13.5. The van der Waals surface area contributed by atoms with Crippen LogP contribution in [0.4, 0.5) is 5.69 Å². The van der Waals surface area contributed by atoms with Crippen LogP contribution in [0.1, 0.15) is 16.7 Å². The van der Waals surface area contributed by atoms with E-state index >= 15 is 0 Å². The van der Waals surface area contributed by atoms with Crippen molar-refractivity contribution in [2.45, 2.75) is 24.5 Å². The van der Waals surface area contributed by atoms with Gasteiger partial charge >= 0.3 is 0 Å². The van der Waals surface area contributed by atoms with Crippen molar-refractivity contribution in [3.8, 4) is 0 Å². The molecule has 1 nitrogen and oxygen atoms in total. The highest BCUT2D eigenvalue weighted by atomic mass is 79.9. The van der Waals surface area contributed by atoms with E-state index in [1.54, 1.807) is 0 Å². The van der Waals surface area contributed by atoms with Crippen molar-refractivity contribution in [1.82, 2.24) is 0 Å². The molecule has 0 spiro atoms. The van der Waals surface area contributed by atoms with E-state index in [4.69, 9.17) is 5.73 Å². The van der Waals surface area contributed by atoms with Crippen molar-refractivity contribution >= 4 is 33.4 Å². The summed E-state index contributed by atoms with van der Waals surface area (Å²) in [6.07, 6.45) is 0. The Kier molecular flexibility index (Phi) is 4.36. The van der Waals surface area contributed by atoms with Gasteiger partial charge in [0.1, 0.15) is 0 Å². The predicted octanol–water partition coefficient (Wildman–Crippen LogP) is 4.94. The maximum Gasteiger partial charge on any atom is 0.0366 e. The van der Waals surface area contributed by atoms with Gasteiger partial charge in [-0.25, -0.2) is 0 Å². The summed E-state index contributed by atoms with van der Waals surface area (Å²) in [4.78, 5) is 1.33. The summed E-state index contributed by atoms with van der Waals surface area (Å²) in [6, 6.07) is 12.6. The Bertz CT molecular complexity index is 566. The van der Waals surface area contributed by atoms with E-state index in [9.17, 15) is 0 Å². The molecule has 0 heterocycles. The Morgan fingerprint density at radius 2 is 1.89 bits per heavy atom. The summed E-state index contributed by atoms with van der Waals surface area (Å²) in [5.41, 5.74) is 10.7. The van der Waals surface area contributed by atoms with Crippen molar-refractivity contribution in [3.05, 3.63) is 57.6 Å². The third-order valence-electron chi connectivity index (χ3n) is 2.83. The second-order valence-corrected chi connectivity index (χ2v) is 6.33. The van der Waals surface area contributed by atoms with Crippen molar-refractivity contribution in [2.24, 2.45) is 0 Å². The molecule has 2 aromatic rings. The highest BCUT2D eigenvalue weighted by Gasteiger charge is 2.04. The molecule has 2 N–H and O–H groups in total. The van der Waals surface area contributed by atoms with E-state index in [0.29, 0.717) is 0 Å². The van der Waals surface area contributed by atoms with Crippen LogP contribution >= 0.6 is 27.7 Å². The van der Waals surface area contributed by atoms with Crippen LogP contribution < -0.4 is 5.73 Å². The fourth-order valence-corrected chi connectivity index (χ4v) is 3.23. The normalized spacial score (nSPS) is 10.6. The third-order valence-corrected chi connectivity index (χ3v) is 4.53. The SMILES string of the molecule is Cc1ccc(C)c(SCc2ccc(Br)cc2N)c1. The zero-order valence-corrected chi connectivity index (χ0v) is 12.9. The molecular weight excluding hydrogens is 306 g/mol. The first-order valence-corrected chi connectivity index (χ1v) is 7.58. The smallest absolute Gasteiger partial charge is 0.0366 e. The van der Waals surface area contributed by atoms with E-state index in [1.165, 1.54) is 21.6 Å². The maximum atomic E-state index is 6.01. The van der Waals surface area contributed by atoms with E-state index < -0.39 is 0 Å². The van der Waals surface area contributed by atoms with Gasteiger partial charge in [0.25, 0.3) is 0 Å². The number of hydrogen-bond donors (Lipinski definition) is 1. The minimum atomic E-state index is 0.849. The number of hydrogen-bond acceptors (Lipinski definition) is 2. The molecule has 0 atom stereocenters. The number of anilines is 1. The largest absolute Gasteiger partial charge is 0.398 e. The molecule has 0 radical (unpaired) electrons. The highest BCUT2D eigenvalue weighted by molar-refractivity contribution is 9.10. The molecule has 2 aromatic carbocycles. The molecule has 0 aliphatic rings. The first-order chi connectivity index (χ1) is 8.56. The van der Waals surface area contributed by atoms with Gasteiger partial charge < -0.3 is 5.73 Å². The molecule has 0 bridgehead atoms. The lowest BCUT2D eigenvalue weighted by molar-refractivity contribution is 1.25. The second kappa shape index (κ2) is 5.81. The second-order valence-electron chi connectivity index (χ2n) is 4.40. The summed E-state index contributed by atoms with van der Waals surface area (Å²) >= 11 is 5.27. The van der Waals surface area contributed by atoms with Crippen LogP contribution in [-0.2, 0) is 5.75 Å². The molecule has 94 valence electrons. The number of nitrogen functional groups attached to an aromatic ring is 1. The van der Waals surface area contributed by atoms with Crippen LogP contribution in [0.15, 0.2) is 45.8 Å². The lowest BCUT2D eigenvalue weighted by Gasteiger charge is -2.09. The topological polar surface area (TPSA) is 26.0 Å². The van der Waals surface area contributed by atoms with Crippen molar-refractivity contribution < 1.29 is 0 Å². The van der Waals surface area contributed by atoms with Crippen molar-refractivity contribution in [3.63, 3.8) is 0 Å². The molecule has 0 saturated heterocycles. The van der Waals surface area contributed by atoms with Crippen LogP contribution in [0.5, 0.6) is 0 Å². The molecule has 0 unspecified atom stereocenters. The number of benzene rings is 2. The number of nitrogens with two attached hydrogens (primary N) is 1. The van der Waals surface area contributed by atoms with Gasteiger partial charge in [0.05, 0.1) is 0 Å². The van der Waals surface area contributed by atoms with Crippen molar-refractivity contribution in [1.29, 1.82) is 0 Å². The van der Waals surface area contributed by atoms with Gasteiger partial charge in [-0.05, 0) is 43.2 Å². The molecule has 0 saturated carbocycles. The fourth-order valence-electron chi connectivity index (χ4n) is 1.72. The van der Waals surface area contributed by atoms with E-state index in [1.807, 2.05) is 23.9 Å². The summed E-state index contributed by atoms with van der Waals surface area (Å²) in [6.45, 7) is 4.27. The van der Waals surface area contributed by atoms with E-state index in [-0.39, 0.29) is 0 Å². The van der Waals surface area contributed by atoms with Crippen molar-refractivity contribution in [2.75, 3.05) is 5.73 Å². The minimum Gasteiger partial charge on any atom is -0.398 e. The Labute approximate surface area is 121 Å². The van der Waals surface area contributed by atoms with Crippen LogP contribution in [-0.4, -0.2) is 0 Å². The molecule has 0 amide bonds. The molecule has 18 heavy (non-hydrogen) atoms. The molecule has 3 heteroatoms. The molecule has 0 aliphatic carbocycles. The number of thioether (sulfide) groups is 1. The zero-order chi connectivity index (χ0) is 13.1. The molecule has 0 aromatic heterocycles. The number of halogens is 1. The quantitative estimate of drug-likeness (QED) is 0.640. The summed E-state index contributed by atoms with van der Waals surface area (Å²) < 4.78 is 1.03. The Morgan fingerprint density at radius 1 is 1.11 bits per heavy atom. The van der Waals surface area contributed by atoms with Gasteiger partial charge in [-0.3, -0.25) is 0 Å². The number of rotatable bonds is 3. The van der Waals surface area contributed by atoms with Gasteiger partial charge in [-0.2, -0.15) is 0 Å². The fraction of sp³-hybridized carbons (Fsp3) is 0.200. The Balaban J connectivity index is 2.13. The average molecular weight is 322 g/mol. The molecular formula is C15H16BrNS. The van der Waals surface area contributed by atoms with E-state index in [2.05, 4.69) is 54.0 Å². The summed E-state index contributed by atoms with van der Waals surface area (Å²) in [7, 11) is 0. The van der Waals surface area contributed by atoms with Crippen LogP contribution in [0.3, 0.4) is 0 Å². The summed E-state index contributed by atoms with van der Waals surface area (Å²) in [5, 5.41) is 0.